The van der Waals surface area contributed by atoms with E-state index in [1.54, 1.807) is 0 Å². The highest BCUT2D eigenvalue weighted by Gasteiger charge is 2.23. The van der Waals surface area contributed by atoms with Crippen LogP contribution in [0, 0.1) is 34.0 Å². The quantitative estimate of drug-likeness (QED) is 0.120. The third kappa shape index (κ3) is 10.7. The minimum Gasteiger partial charge on any atom is -0.309 e. The maximum Gasteiger partial charge on any atom is 0.164 e. The zero-order chi connectivity index (χ0) is 65.6. The third-order valence-corrected chi connectivity index (χ3v) is 18.7. The largest absolute Gasteiger partial charge is 0.309 e. The smallest absolute Gasteiger partial charge is 0.164 e. The van der Waals surface area contributed by atoms with E-state index in [0.29, 0.717) is 34.2 Å². The van der Waals surface area contributed by atoms with Gasteiger partial charge in [0.25, 0.3) is 0 Å². The molecule has 17 aromatic rings. The lowest BCUT2D eigenvalue weighted by Gasteiger charge is -2.16. The van der Waals surface area contributed by atoms with Gasteiger partial charge in [0.15, 0.2) is 17.5 Å². The molecule has 454 valence electrons. The molecule has 0 aliphatic rings. The number of hydrogen-bond donors (Lipinski definition) is 0. The molecular weight excluding hydrogens is 1190 g/mol. The zero-order valence-electron chi connectivity index (χ0n) is 52.8. The van der Waals surface area contributed by atoms with Gasteiger partial charge in [-0.3, -0.25) is 0 Å². The summed E-state index contributed by atoms with van der Waals surface area (Å²) in [6.07, 6.45) is 0. The van der Waals surface area contributed by atoms with Crippen LogP contribution in [0.15, 0.2) is 328 Å². The molecule has 14 aromatic carbocycles. The first kappa shape index (κ1) is 58.0. The topological polar surface area (TPSA) is 120 Å². The maximum atomic E-state index is 10.2. The Labute approximate surface area is 566 Å². The molecule has 0 aliphatic carbocycles. The van der Waals surface area contributed by atoms with Gasteiger partial charge >= 0.3 is 0 Å². The van der Waals surface area contributed by atoms with Gasteiger partial charge in [0, 0.05) is 49.6 Å². The second kappa shape index (κ2) is 24.6. The first-order valence-electron chi connectivity index (χ1n) is 32.5. The summed E-state index contributed by atoms with van der Waals surface area (Å²) in [6, 6.07) is 120. The Hall–Kier alpha value is -13.8. The molecular formula is C90H54N8. The van der Waals surface area contributed by atoms with Gasteiger partial charge in [-0.15, -0.1) is 0 Å². The van der Waals surface area contributed by atoms with Crippen LogP contribution in [0.1, 0.15) is 16.7 Å². The molecule has 0 spiro atoms. The van der Waals surface area contributed by atoms with Crippen molar-refractivity contribution in [1.29, 1.82) is 15.8 Å². The monoisotopic (exact) mass is 1250 g/mol. The molecule has 0 amide bonds. The van der Waals surface area contributed by atoms with Crippen molar-refractivity contribution >= 4 is 43.6 Å². The zero-order valence-corrected chi connectivity index (χ0v) is 52.8. The summed E-state index contributed by atoms with van der Waals surface area (Å²) in [5.74, 6) is 1.31. The lowest BCUT2D eigenvalue weighted by Crippen LogP contribution is -2.03. The summed E-state index contributed by atoms with van der Waals surface area (Å²) < 4.78 is 4.69. The number of aromatic nitrogens is 5. The van der Waals surface area contributed by atoms with E-state index in [4.69, 9.17) is 15.0 Å². The molecule has 0 bridgehead atoms. The lowest BCUT2D eigenvalue weighted by atomic mass is 9.98. The molecule has 0 aliphatic heterocycles. The lowest BCUT2D eigenvalue weighted by molar-refractivity contribution is 1.07. The summed E-state index contributed by atoms with van der Waals surface area (Å²) in [7, 11) is 0. The van der Waals surface area contributed by atoms with E-state index in [9.17, 15) is 15.8 Å². The third-order valence-electron chi connectivity index (χ3n) is 18.7. The molecule has 0 saturated carbocycles. The van der Waals surface area contributed by atoms with Crippen LogP contribution >= 0.6 is 0 Å². The summed E-state index contributed by atoms with van der Waals surface area (Å²) in [6.45, 7) is 0. The number of fused-ring (bicyclic) bond motifs is 6. The molecule has 0 radical (unpaired) electrons. The van der Waals surface area contributed by atoms with Crippen LogP contribution in [-0.2, 0) is 0 Å². The standard InChI is InChI=1S/C90H54N8/c91-55-58-25-29-64(30-26-58)73-45-75(49-77(47-73)97-84-41-37-68(60-15-5-1-6-16-60)51-80(84)81-52-69(38-42-85(81)97)61-17-7-2-8-18-61)89-94-88(67-35-33-66(34-36-67)79-24-14-13-23-72(79)57-93)95-90(96-89)76-46-74(65-31-27-59(56-92)28-32-65)48-78(50-76)98-86-43-39-70(62-19-9-3-10-20-62)53-82(86)83-54-71(40-44-87(83)98)63-21-11-4-12-22-63/h1-54H. The van der Waals surface area contributed by atoms with Crippen molar-refractivity contribution in [2.45, 2.75) is 0 Å². The fourth-order valence-corrected chi connectivity index (χ4v) is 13.8. The van der Waals surface area contributed by atoms with E-state index in [2.05, 4.69) is 234 Å². The van der Waals surface area contributed by atoms with Gasteiger partial charge in [-0.25, -0.2) is 15.0 Å². The van der Waals surface area contributed by atoms with E-state index in [1.165, 1.54) is 0 Å². The first-order valence-corrected chi connectivity index (χ1v) is 32.5. The molecule has 8 nitrogen and oxygen atoms in total. The molecule has 17 rings (SSSR count). The molecule has 98 heavy (non-hydrogen) atoms. The van der Waals surface area contributed by atoms with Crippen molar-refractivity contribution in [1.82, 2.24) is 24.1 Å². The van der Waals surface area contributed by atoms with Gasteiger partial charge in [-0.2, -0.15) is 15.8 Å². The van der Waals surface area contributed by atoms with Crippen LogP contribution in [0.2, 0.25) is 0 Å². The fraction of sp³-hybridized carbons (Fsp3) is 0. The van der Waals surface area contributed by atoms with Crippen LogP contribution in [0.5, 0.6) is 0 Å². The van der Waals surface area contributed by atoms with Crippen LogP contribution < -0.4 is 0 Å². The fourth-order valence-electron chi connectivity index (χ4n) is 13.8. The predicted octanol–water partition coefficient (Wildman–Crippen LogP) is 22.4. The number of rotatable bonds is 12. The summed E-state index contributed by atoms with van der Waals surface area (Å²) >= 11 is 0. The Morgan fingerprint density at radius 3 is 0.847 bits per heavy atom. The van der Waals surface area contributed by atoms with Crippen molar-refractivity contribution in [2.75, 3.05) is 0 Å². The number of nitrogens with zero attached hydrogens (tertiary/aromatic N) is 8. The average Bonchev–Trinajstić information content (AvgIpc) is 1.60. The second-order valence-corrected chi connectivity index (χ2v) is 24.5. The van der Waals surface area contributed by atoms with Crippen LogP contribution in [0.4, 0.5) is 0 Å². The molecule has 0 N–H and O–H groups in total. The highest BCUT2D eigenvalue weighted by Crippen LogP contribution is 2.43. The van der Waals surface area contributed by atoms with Gasteiger partial charge in [0.05, 0.1) is 57.0 Å². The number of nitriles is 3. The molecule has 0 unspecified atom stereocenters. The first-order chi connectivity index (χ1) is 48.4. The van der Waals surface area contributed by atoms with E-state index in [-0.39, 0.29) is 0 Å². The van der Waals surface area contributed by atoms with E-state index in [0.717, 1.165) is 150 Å². The molecule has 0 atom stereocenters. The SMILES string of the molecule is N#Cc1ccc(-c2cc(-c3nc(-c4ccc(-c5ccccc5C#N)cc4)nc(-c4cc(-c5ccc(C#N)cc5)cc(-n5c6ccc(-c7ccccc7)cc6c6cc(-c7ccccc7)ccc65)c4)n3)cc(-n3c4ccc(-c5ccccc5)cc4c4cc(-c5ccccc5)ccc43)c2)cc1. The van der Waals surface area contributed by atoms with Gasteiger partial charge < -0.3 is 9.13 Å². The van der Waals surface area contributed by atoms with Gasteiger partial charge in [-0.05, 0) is 193 Å². The van der Waals surface area contributed by atoms with Gasteiger partial charge in [0.1, 0.15) is 0 Å². The highest BCUT2D eigenvalue weighted by atomic mass is 15.0. The Balaban J connectivity index is 0.917. The molecule has 0 fully saturated rings. The summed E-state index contributed by atoms with van der Waals surface area (Å²) in [4.78, 5) is 16.6. The summed E-state index contributed by atoms with van der Waals surface area (Å²) in [5.41, 5.74) is 24.0. The van der Waals surface area contributed by atoms with Crippen molar-refractivity contribution in [3.05, 3.63) is 344 Å². The Bertz CT molecular complexity index is 5580. The number of benzene rings is 14. The van der Waals surface area contributed by atoms with Crippen molar-refractivity contribution in [3.63, 3.8) is 0 Å². The van der Waals surface area contributed by atoms with E-state index in [1.807, 2.05) is 121 Å². The van der Waals surface area contributed by atoms with Gasteiger partial charge in [0.2, 0.25) is 0 Å². The van der Waals surface area contributed by atoms with E-state index >= 15 is 0 Å². The maximum absolute atomic E-state index is 10.2. The van der Waals surface area contributed by atoms with Gasteiger partial charge in [-0.1, -0.05) is 212 Å². The molecule has 3 heterocycles. The summed E-state index contributed by atoms with van der Waals surface area (Å²) in [5, 5.41) is 34.7. The Kier molecular flexibility index (Phi) is 14.5. The highest BCUT2D eigenvalue weighted by molar-refractivity contribution is 6.13. The Morgan fingerprint density at radius 2 is 0.500 bits per heavy atom. The average molecular weight is 1250 g/mol. The van der Waals surface area contributed by atoms with Crippen LogP contribution in [0.25, 0.3) is 167 Å². The van der Waals surface area contributed by atoms with Crippen molar-refractivity contribution in [2.24, 2.45) is 0 Å². The molecule has 3 aromatic heterocycles. The number of hydrogen-bond acceptors (Lipinski definition) is 6. The van der Waals surface area contributed by atoms with Crippen LogP contribution in [-0.4, -0.2) is 24.1 Å². The molecule has 0 saturated heterocycles. The normalized spacial score (nSPS) is 11.2. The molecule has 8 heteroatoms. The predicted molar refractivity (Wildman–Crippen MR) is 397 cm³/mol. The van der Waals surface area contributed by atoms with Crippen molar-refractivity contribution < 1.29 is 0 Å². The van der Waals surface area contributed by atoms with E-state index < -0.39 is 0 Å². The van der Waals surface area contributed by atoms with Crippen LogP contribution in [0.3, 0.4) is 0 Å². The minimum atomic E-state index is 0.434. The Morgan fingerprint density at radius 1 is 0.214 bits per heavy atom. The minimum absolute atomic E-state index is 0.434. The van der Waals surface area contributed by atoms with Crippen molar-refractivity contribution in [3.8, 4) is 142 Å². The second-order valence-electron chi connectivity index (χ2n) is 24.5.